The van der Waals surface area contributed by atoms with E-state index in [0.717, 1.165) is 33.6 Å². The van der Waals surface area contributed by atoms with Gasteiger partial charge in [0.2, 0.25) is 0 Å². The zero-order valence-corrected chi connectivity index (χ0v) is 16.7. The molecular weight excluding hydrogens is 346 g/mol. The molecule has 142 valence electrons. The van der Waals surface area contributed by atoms with Crippen LogP contribution in [0.2, 0.25) is 0 Å². The van der Waals surface area contributed by atoms with Crippen molar-refractivity contribution in [3.05, 3.63) is 89.0 Å². The molecule has 4 heteroatoms. The third kappa shape index (κ3) is 5.30. The molecule has 0 aliphatic rings. The minimum Gasteiger partial charge on any atom is -0.336 e. The van der Waals surface area contributed by atoms with Crippen LogP contribution in [0.1, 0.15) is 22.3 Å². The van der Waals surface area contributed by atoms with Gasteiger partial charge in [-0.1, -0.05) is 30.3 Å². The highest BCUT2D eigenvalue weighted by Gasteiger charge is 2.14. The van der Waals surface area contributed by atoms with Gasteiger partial charge in [-0.3, -0.25) is 4.79 Å². The second-order valence-corrected chi connectivity index (χ2v) is 7.13. The summed E-state index contributed by atoms with van der Waals surface area (Å²) in [5.74, 6) is -0.0385. The van der Waals surface area contributed by atoms with Crippen LogP contribution in [0.25, 0.3) is 0 Å². The summed E-state index contributed by atoms with van der Waals surface area (Å²) in [4.78, 5) is 17.6. The van der Waals surface area contributed by atoms with Crippen molar-refractivity contribution in [1.82, 2.24) is 0 Å². The fraction of sp³-hybridized carbons (Fsp3) is 0.167. The Morgan fingerprint density at radius 3 is 1.64 bits per heavy atom. The molecule has 3 rings (SSSR count). The number of hydrogen-bond acceptors (Lipinski definition) is 2. The van der Waals surface area contributed by atoms with Gasteiger partial charge in [0, 0.05) is 11.4 Å². The van der Waals surface area contributed by atoms with Gasteiger partial charge in [0.1, 0.15) is 0 Å². The van der Waals surface area contributed by atoms with E-state index in [1.54, 1.807) is 0 Å². The SMILES string of the molecule is Cc1cc(C)cc(NC(=O)C(=Nc2ccccc2)Nc2cc(C)cc(C)c2)c1. The van der Waals surface area contributed by atoms with Gasteiger partial charge in [-0.2, -0.15) is 0 Å². The van der Waals surface area contributed by atoms with Gasteiger partial charge in [0.15, 0.2) is 5.84 Å². The summed E-state index contributed by atoms with van der Waals surface area (Å²) in [6.07, 6.45) is 0. The number of aliphatic imine (C=N–C) groups is 1. The molecule has 1 amide bonds. The van der Waals surface area contributed by atoms with Gasteiger partial charge in [-0.15, -0.1) is 0 Å². The summed E-state index contributed by atoms with van der Waals surface area (Å²) >= 11 is 0. The number of aryl methyl sites for hydroxylation is 4. The summed E-state index contributed by atoms with van der Waals surface area (Å²) in [6, 6.07) is 21.5. The van der Waals surface area contributed by atoms with Crippen LogP contribution in [-0.4, -0.2) is 11.7 Å². The molecular formula is C24H25N3O. The Kier molecular flexibility index (Phi) is 5.90. The predicted molar refractivity (Wildman–Crippen MR) is 118 cm³/mol. The Bertz CT molecular complexity index is 983. The lowest BCUT2D eigenvalue weighted by molar-refractivity contribution is -0.110. The first-order chi connectivity index (χ1) is 13.4. The van der Waals surface area contributed by atoms with Crippen molar-refractivity contribution < 1.29 is 4.79 Å². The van der Waals surface area contributed by atoms with E-state index in [1.807, 2.05) is 82.3 Å². The molecule has 3 aromatic rings. The molecule has 0 aliphatic heterocycles. The molecule has 0 spiro atoms. The van der Waals surface area contributed by atoms with Crippen molar-refractivity contribution in [3.63, 3.8) is 0 Å². The fourth-order valence-electron chi connectivity index (χ4n) is 3.19. The second kappa shape index (κ2) is 8.53. The van der Waals surface area contributed by atoms with Crippen LogP contribution < -0.4 is 10.6 Å². The van der Waals surface area contributed by atoms with Crippen molar-refractivity contribution in [1.29, 1.82) is 0 Å². The summed E-state index contributed by atoms with van der Waals surface area (Å²) in [5.41, 5.74) is 6.74. The molecule has 0 fully saturated rings. The lowest BCUT2D eigenvalue weighted by atomic mass is 10.1. The highest BCUT2D eigenvalue weighted by molar-refractivity contribution is 6.46. The van der Waals surface area contributed by atoms with E-state index in [4.69, 9.17) is 0 Å². The van der Waals surface area contributed by atoms with Crippen LogP contribution in [0, 0.1) is 27.7 Å². The maximum Gasteiger partial charge on any atom is 0.291 e. The zero-order chi connectivity index (χ0) is 20.1. The van der Waals surface area contributed by atoms with Crippen LogP contribution in [-0.2, 0) is 4.79 Å². The molecule has 4 nitrogen and oxygen atoms in total. The van der Waals surface area contributed by atoms with E-state index in [0.29, 0.717) is 5.69 Å². The molecule has 3 aromatic carbocycles. The Hall–Kier alpha value is -3.40. The van der Waals surface area contributed by atoms with E-state index in [1.165, 1.54) is 0 Å². The molecule has 0 radical (unpaired) electrons. The van der Waals surface area contributed by atoms with Crippen LogP contribution in [0.15, 0.2) is 71.7 Å². The van der Waals surface area contributed by atoms with Gasteiger partial charge in [0.25, 0.3) is 5.91 Å². The van der Waals surface area contributed by atoms with Crippen molar-refractivity contribution in [2.75, 3.05) is 10.6 Å². The minimum atomic E-state index is -0.284. The third-order valence-corrected chi connectivity index (χ3v) is 4.18. The molecule has 0 aromatic heterocycles. The molecule has 0 saturated heterocycles. The Morgan fingerprint density at radius 2 is 1.14 bits per heavy atom. The van der Waals surface area contributed by atoms with E-state index in [9.17, 15) is 4.79 Å². The molecule has 0 unspecified atom stereocenters. The van der Waals surface area contributed by atoms with E-state index < -0.39 is 0 Å². The largest absolute Gasteiger partial charge is 0.336 e. The molecule has 0 heterocycles. The number of benzene rings is 3. The van der Waals surface area contributed by atoms with Gasteiger partial charge in [-0.05, 0) is 86.3 Å². The van der Waals surface area contributed by atoms with E-state index in [-0.39, 0.29) is 11.7 Å². The quantitative estimate of drug-likeness (QED) is 0.458. The Labute approximate surface area is 166 Å². The maximum absolute atomic E-state index is 13.0. The minimum absolute atomic E-state index is 0.246. The zero-order valence-electron chi connectivity index (χ0n) is 16.7. The summed E-state index contributed by atoms with van der Waals surface area (Å²) in [6.45, 7) is 8.08. The summed E-state index contributed by atoms with van der Waals surface area (Å²) in [5, 5.41) is 6.16. The monoisotopic (exact) mass is 371 g/mol. The lowest BCUT2D eigenvalue weighted by Crippen LogP contribution is -2.29. The molecule has 0 atom stereocenters. The summed E-state index contributed by atoms with van der Waals surface area (Å²) < 4.78 is 0. The van der Waals surface area contributed by atoms with Gasteiger partial charge in [-0.25, -0.2) is 4.99 Å². The number of nitrogens with one attached hydrogen (secondary N) is 2. The third-order valence-electron chi connectivity index (χ3n) is 4.18. The predicted octanol–water partition coefficient (Wildman–Crippen LogP) is 5.70. The molecule has 0 aliphatic carbocycles. The van der Waals surface area contributed by atoms with Crippen molar-refractivity contribution in [3.8, 4) is 0 Å². The number of hydrogen-bond donors (Lipinski definition) is 2. The number of para-hydroxylation sites is 1. The van der Waals surface area contributed by atoms with Crippen LogP contribution >= 0.6 is 0 Å². The topological polar surface area (TPSA) is 53.5 Å². The second-order valence-electron chi connectivity index (χ2n) is 7.13. The molecule has 0 saturated carbocycles. The highest BCUT2D eigenvalue weighted by Crippen LogP contribution is 2.18. The van der Waals surface area contributed by atoms with Crippen molar-refractivity contribution in [2.45, 2.75) is 27.7 Å². The lowest BCUT2D eigenvalue weighted by Gasteiger charge is -2.13. The maximum atomic E-state index is 13.0. The molecule has 2 N–H and O–H groups in total. The first-order valence-electron chi connectivity index (χ1n) is 9.28. The van der Waals surface area contributed by atoms with Crippen LogP contribution in [0.5, 0.6) is 0 Å². The first-order valence-corrected chi connectivity index (χ1v) is 9.28. The normalized spacial score (nSPS) is 11.2. The van der Waals surface area contributed by atoms with Crippen molar-refractivity contribution in [2.24, 2.45) is 4.99 Å². The number of rotatable bonds is 3. The smallest absolute Gasteiger partial charge is 0.291 e. The van der Waals surface area contributed by atoms with Gasteiger partial charge < -0.3 is 10.6 Å². The number of carbonyl (C=O) groups is 1. The van der Waals surface area contributed by atoms with Crippen molar-refractivity contribution >= 4 is 28.8 Å². The number of carbonyl (C=O) groups excluding carboxylic acids is 1. The molecule has 0 bridgehead atoms. The number of amidine groups is 1. The number of nitrogens with zero attached hydrogens (tertiary/aromatic N) is 1. The Morgan fingerprint density at radius 1 is 0.679 bits per heavy atom. The first kappa shape index (κ1) is 19.4. The average molecular weight is 371 g/mol. The van der Waals surface area contributed by atoms with E-state index in [2.05, 4.69) is 27.8 Å². The van der Waals surface area contributed by atoms with Crippen LogP contribution in [0.4, 0.5) is 17.1 Å². The standard InChI is InChI=1S/C24H25N3O/c1-16-10-17(2)13-21(12-16)26-23(25-20-8-6-5-7-9-20)24(28)27-22-14-18(3)11-19(4)15-22/h5-15H,1-4H3,(H,25,26)(H,27,28). The average Bonchev–Trinajstić information content (AvgIpc) is 2.60. The molecule has 28 heavy (non-hydrogen) atoms. The van der Waals surface area contributed by atoms with Gasteiger partial charge in [0.05, 0.1) is 5.69 Å². The van der Waals surface area contributed by atoms with Gasteiger partial charge >= 0.3 is 0 Å². The number of anilines is 2. The number of amides is 1. The Balaban J connectivity index is 1.93. The fourth-order valence-corrected chi connectivity index (χ4v) is 3.19. The van der Waals surface area contributed by atoms with Crippen LogP contribution in [0.3, 0.4) is 0 Å². The summed E-state index contributed by atoms with van der Waals surface area (Å²) in [7, 11) is 0. The van der Waals surface area contributed by atoms with E-state index >= 15 is 0 Å². The highest BCUT2D eigenvalue weighted by atomic mass is 16.2.